The molecule has 0 saturated heterocycles. The monoisotopic (exact) mass is 449 g/mol. The first kappa shape index (κ1) is 21.8. The van der Waals surface area contributed by atoms with Crippen molar-refractivity contribution in [2.75, 3.05) is 0 Å². The topological polar surface area (TPSA) is 81.8 Å². The zero-order chi connectivity index (χ0) is 22.8. The molecule has 0 fully saturated rings. The summed E-state index contributed by atoms with van der Waals surface area (Å²) in [6.45, 7) is 5.94. The van der Waals surface area contributed by atoms with Crippen LogP contribution in [0.4, 0.5) is 0 Å². The average molecular weight is 450 g/mol. The third-order valence-electron chi connectivity index (χ3n) is 5.51. The quantitative estimate of drug-likeness (QED) is 0.480. The van der Waals surface area contributed by atoms with Crippen LogP contribution in [0.1, 0.15) is 36.3 Å². The normalized spacial score (nSPS) is 12.1. The van der Waals surface area contributed by atoms with Crippen molar-refractivity contribution in [1.82, 2.24) is 24.9 Å². The number of carbonyl (C=O) groups excluding carboxylic acids is 1. The molecule has 0 aliphatic rings. The van der Waals surface area contributed by atoms with Crippen LogP contribution in [-0.2, 0) is 11.3 Å². The molecule has 0 unspecified atom stereocenters. The molecular formula is C24H24ClN5O2. The van der Waals surface area contributed by atoms with Gasteiger partial charge in [0.2, 0.25) is 5.91 Å². The Hall–Kier alpha value is -3.45. The fourth-order valence-electron chi connectivity index (χ4n) is 3.86. The molecule has 0 aliphatic heterocycles. The van der Waals surface area contributed by atoms with Gasteiger partial charge < -0.3 is 5.32 Å². The van der Waals surface area contributed by atoms with Crippen LogP contribution in [0.25, 0.3) is 16.6 Å². The van der Waals surface area contributed by atoms with Crippen LogP contribution in [0, 0.1) is 13.8 Å². The third kappa shape index (κ3) is 4.03. The van der Waals surface area contributed by atoms with Crippen LogP contribution in [0.3, 0.4) is 0 Å². The van der Waals surface area contributed by atoms with Gasteiger partial charge in [-0.05, 0) is 50.1 Å². The van der Waals surface area contributed by atoms with Crippen LogP contribution in [0.2, 0.25) is 5.02 Å². The van der Waals surface area contributed by atoms with Gasteiger partial charge in [-0.15, -0.1) is 0 Å². The van der Waals surface area contributed by atoms with Gasteiger partial charge in [-0.25, -0.2) is 9.36 Å². The summed E-state index contributed by atoms with van der Waals surface area (Å²) in [5, 5.41) is 13.3. The second kappa shape index (κ2) is 8.96. The Morgan fingerprint density at radius 3 is 2.41 bits per heavy atom. The van der Waals surface area contributed by atoms with Gasteiger partial charge in [-0.1, -0.05) is 48.9 Å². The molecule has 8 heteroatoms. The number of nitrogens with zero attached hydrogens (tertiary/aromatic N) is 4. The highest BCUT2D eigenvalue weighted by Crippen LogP contribution is 2.22. The summed E-state index contributed by atoms with van der Waals surface area (Å²) < 4.78 is 3.00. The van der Waals surface area contributed by atoms with E-state index in [2.05, 4.69) is 15.5 Å². The highest BCUT2D eigenvalue weighted by Gasteiger charge is 2.25. The second-order valence-electron chi connectivity index (χ2n) is 7.66. The first-order chi connectivity index (χ1) is 15.4. The molecule has 0 radical (unpaired) electrons. The number of hydrogen-bond donors (Lipinski definition) is 1. The predicted octanol–water partition coefficient (Wildman–Crippen LogP) is 4.12. The summed E-state index contributed by atoms with van der Waals surface area (Å²) in [5.74, 6) is -0.269. The Labute approximate surface area is 190 Å². The van der Waals surface area contributed by atoms with Crippen LogP contribution in [-0.4, -0.2) is 25.5 Å². The fraction of sp³-hybridized carbons (Fsp3) is 0.250. The minimum Gasteiger partial charge on any atom is -0.350 e. The maximum Gasteiger partial charge on any atom is 0.295 e. The number of benzene rings is 2. The van der Waals surface area contributed by atoms with Crippen molar-refractivity contribution < 1.29 is 4.79 Å². The lowest BCUT2D eigenvalue weighted by Crippen LogP contribution is -2.38. The maximum atomic E-state index is 13.3. The smallest absolute Gasteiger partial charge is 0.295 e. The van der Waals surface area contributed by atoms with E-state index < -0.39 is 6.04 Å². The van der Waals surface area contributed by atoms with Gasteiger partial charge in [0.25, 0.3) is 5.56 Å². The number of rotatable bonds is 6. The van der Waals surface area contributed by atoms with Crippen LogP contribution in [0.15, 0.2) is 59.4 Å². The zero-order valence-corrected chi connectivity index (χ0v) is 18.9. The molecule has 164 valence electrons. The Morgan fingerprint density at radius 2 is 1.75 bits per heavy atom. The highest BCUT2D eigenvalue weighted by atomic mass is 35.5. The van der Waals surface area contributed by atoms with Crippen molar-refractivity contribution in [2.24, 2.45) is 0 Å². The largest absolute Gasteiger partial charge is 0.350 e. The molecule has 2 aromatic heterocycles. The summed E-state index contributed by atoms with van der Waals surface area (Å²) in [4.78, 5) is 26.3. The van der Waals surface area contributed by atoms with E-state index in [1.807, 2.05) is 63.2 Å². The summed E-state index contributed by atoms with van der Waals surface area (Å²) in [5.41, 5.74) is 3.20. The number of aryl methyl sites for hydroxylation is 2. The minimum absolute atomic E-state index is 0.269. The van der Waals surface area contributed by atoms with E-state index in [-0.39, 0.29) is 11.5 Å². The van der Waals surface area contributed by atoms with Gasteiger partial charge >= 0.3 is 0 Å². The van der Waals surface area contributed by atoms with Crippen molar-refractivity contribution in [1.29, 1.82) is 0 Å². The van der Waals surface area contributed by atoms with Crippen molar-refractivity contribution >= 4 is 28.4 Å². The zero-order valence-electron chi connectivity index (χ0n) is 18.2. The number of fused-ring (bicyclic) bond motifs is 1. The molecule has 0 spiro atoms. The van der Waals surface area contributed by atoms with E-state index in [4.69, 9.17) is 11.6 Å². The van der Waals surface area contributed by atoms with Crippen molar-refractivity contribution in [2.45, 2.75) is 39.8 Å². The summed E-state index contributed by atoms with van der Waals surface area (Å²) in [6.07, 6.45) is 0.419. The van der Waals surface area contributed by atoms with Crippen LogP contribution < -0.4 is 10.9 Å². The average Bonchev–Trinajstić information content (AvgIpc) is 3.15. The first-order valence-electron chi connectivity index (χ1n) is 10.5. The number of nitrogens with one attached hydrogen (secondary N) is 1. The van der Waals surface area contributed by atoms with Gasteiger partial charge in [0.15, 0.2) is 5.52 Å². The molecule has 0 aliphatic carbocycles. The van der Waals surface area contributed by atoms with Crippen LogP contribution in [0.5, 0.6) is 0 Å². The van der Waals surface area contributed by atoms with Gasteiger partial charge in [-0.3, -0.25) is 9.59 Å². The molecule has 0 saturated carbocycles. The Morgan fingerprint density at radius 1 is 1.06 bits per heavy atom. The maximum absolute atomic E-state index is 13.3. The first-order valence-corrected chi connectivity index (χ1v) is 10.8. The van der Waals surface area contributed by atoms with Crippen molar-refractivity contribution in [3.05, 3.63) is 86.9 Å². The molecule has 32 heavy (non-hydrogen) atoms. The molecule has 4 rings (SSSR count). The van der Waals surface area contributed by atoms with E-state index in [1.165, 1.54) is 4.68 Å². The molecule has 4 aromatic rings. The lowest BCUT2D eigenvalue weighted by Gasteiger charge is -2.17. The third-order valence-corrected chi connectivity index (χ3v) is 5.76. The number of amides is 1. The van der Waals surface area contributed by atoms with E-state index in [9.17, 15) is 9.59 Å². The van der Waals surface area contributed by atoms with E-state index in [1.54, 1.807) is 16.8 Å². The standard InChI is InChI=1S/C24H24ClN5O2/c1-4-20(23(31)26-14-17-10-12-18(25)13-11-17)30-24(32)22-21(15(2)27-30)16(3)29(28-22)19-8-6-5-7-9-19/h5-13,20H,4,14H2,1-3H3,(H,26,31)/t20-/m1/s1. The van der Waals surface area contributed by atoms with Crippen molar-refractivity contribution in [3.63, 3.8) is 0 Å². The van der Waals surface area contributed by atoms with Crippen LogP contribution >= 0.6 is 11.6 Å². The van der Waals surface area contributed by atoms with E-state index in [0.717, 1.165) is 16.9 Å². The predicted molar refractivity (Wildman–Crippen MR) is 125 cm³/mol. The fourth-order valence-corrected chi connectivity index (χ4v) is 3.99. The Balaban J connectivity index is 1.69. The number of carbonyl (C=O) groups is 1. The SMILES string of the molecule is CC[C@H](C(=O)NCc1ccc(Cl)cc1)n1nc(C)c2c(C)n(-c3ccccc3)nc2c1=O. The van der Waals surface area contributed by atoms with Gasteiger partial charge in [-0.2, -0.15) is 10.2 Å². The number of halogens is 1. The molecule has 1 N–H and O–H groups in total. The lowest BCUT2D eigenvalue weighted by atomic mass is 10.1. The minimum atomic E-state index is -0.736. The van der Waals surface area contributed by atoms with Gasteiger partial charge in [0.1, 0.15) is 6.04 Å². The number of aromatic nitrogens is 4. The van der Waals surface area contributed by atoms with Gasteiger partial charge in [0.05, 0.1) is 22.5 Å². The molecule has 2 aromatic carbocycles. The molecule has 7 nitrogen and oxygen atoms in total. The molecular weight excluding hydrogens is 426 g/mol. The molecule has 1 amide bonds. The number of para-hydroxylation sites is 1. The molecule has 0 bridgehead atoms. The Kier molecular flexibility index (Phi) is 6.10. The van der Waals surface area contributed by atoms with Gasteiger partial charge in [0, 0.05) is 11.6 Å². The molecule has 1 atom stereocenters. The lowest BCUT2D eigenvalue weighted by molar-refractivity contribution is -0.125. The summed E-state index contributed by atoms with van der Waals surface area (Å²) in [7, 11) is 0. The van der Waals surface area contributed by atoms with E-state index in [0.29, 0.717) is 34.6 Å². The summed E-state index contributed by atoms with van der Waals surface area (Å²) in [6, 6.07) is 16.1. The van der Waals surface area contributed by atoms with E-state index >= 15 is 0 Å². The summed E-state index contributed by atoms with van der Waals surface area (Å²) >= 11 is 5.92. The number of hydrogen-bond acceptors (Lipinski definition) is 4. The van der Waals surface area contributed by atoms with Crippen molar-refractivity contribution in [3.8, 4) is 5.69 Å². The highest BCUT2D eigenvalue weighted by molar-refractivity contribution is 6.30. The Bertz CT molecular complexity index is 1330. The molecule has 2 heterocycles. The second-order valence-corrected chi connectivity index (χ2v) is 8.10.